The third kappa shape index (κ3) is 7.24. The fourth-order valence-corrected chi connectivity index (χ4v) is 4.98. The molecule has 0 unspecified atom stereocenters. The minimum atomic E-state index is -0.637. The summed E-state index contributed by atoms with van der Waals surface area (Å²) < 4.78 is 25.0. The molecule has 3 aromatic rings. The number of halogens is 4. The third-order valence-corrected chi connectivity index (χ3v) is 7.13. The maximum Gasteiger partial charge on any atom is 0.294 e. The first kappa shape index (κ1) is 28.8. The molecule has 1 fully saturated rings. The van der Waals surface area contributed by atoms with Crippen molar-refractivity contribution in [2.24, 2.45) is 0 Å². The topological polar surface area (TPSA) is 84.9 Å². The fraction of sp³-hybridized carbons (Fsp3) is 0.148. The first-order valence-electron chi connectivity index (χ1n) is 11.5. The summed E-state index contributed by atoms with van der Waals surface area (Å²) in [5.74, 6) is -0.988. The van der Waals surface area contributed by atoms with Crippen LogP contribution in [-0.4, -0.2) is 35.1 Å². The Morgan fingerprint density at radius 1 is 1.00 bits per heavy atom. The third-order valence-electron chi connectivity index (χ3n) is 5.34. The van der Waals surface area contributed by atoms with E-state index in [1.807, 2.05) is 6.92 Å². The molecule has 0 aliphatic carbocycles. The number of carbonyl (C=O) groups excluding carboxylic acids is 3. The average Bonchev–Trinajstić information content (AvgIpc) is 3.14. The SMILES string of the molecule is CCOc1cc(/C=C2/SC(=O)N(CC(=O)Nc3ccc(F)c(Cl)c3)C2=O)ccc1OCc1ccc(Cl)cc1Cl. The molecule has 3 amide bonds. The minimum absolute atomic E-state index is 0.140. The van der Waals surface area contributed by atoms with E-state index in [1.165, 1.54) is 18.2 Å². The van der Waals surface area contributed by atoms with Crippen LogP contribution < -0.4 is 14.8 Å². The van der Waals surface area contributed by atoms with Crippen molar-refractivity contribution in [3.63, 3.8) is 0 Å². The monoisotopic (exact) mass is 608 g/mol. The van der Waals surface area contributed by atoms with Crippen LogP contribution in [-0.2, 0) is 16.2 Å². The number of nitrogens with one attached hydrogen (secondary N) is 1. The zero-order valence-corrected chi connectivity index (χ0v) is 23.4. The predicted octanol–water partition coefficient (Wildman–Crippen LogP) is 7.44. The van der Waals surface area contributed by atoms with Gasteiger partial charge in [-0.05, 0) is 72.8 Å². The number of amides is 3. The largest absolute Gasteiger partial charge is 0.490 e. The van der Waals surface area contributed by atoms with E-state index in [4.69, 9.17) is 44.3 Å². The summed E-state index contributed by atoms with van der Waals surface area (Å²) >= 11 is 18.6. The lowest BCUT2D eigenvalue weighted by Gasteiger charge is -2.14. The number of carbonyl (C=O) groups is 3. The minimum Gasteiger partial charge on any atom is -0.490 e. The number of benzene rings is 3. The average molecular weight is 610 g/mol. The molecule has 0 atom stereocenters. The van der Waals surface area contributed by atoms with Crippen molar-refractivity contribution < 1.29 is 28.2 Å². The van der Waals surface area contributed by atoms with Gasteiger partial charge in [0.25, 0.3) is 11.1 Å². The Morgan fingerprint density at radius 3 is 2.51 bits per heavy atom. The lowest BCUT2D eigenvalue weighted by atomic mass is 10.1. The number of ether oxygens (including phenoxy) is 2. The van der Waals surface area contributed by atoms with Crippen LogP contribution in [0.5, 0.6) is 11.5 Å². The molecule has 1 N–H and O–H groups in total. The van der Waals surface area contributed by atoms with Crippen molar-refractivity contribution in [2.45, 2.75) is 13.5 Å². The summed E-state index contributed by atoms with van der Waals surface area (Å²) in [6.07, 6.45) is 1.53. The Hall–Kier alpha value is -3.24. The van der Waals surface area contributed by atoms with Gasteiger partial charge in [0, 0.05) is 21.3 Å². The number of hydrogen-bond donors (Lipinski definition) is 1. The van der Waals surface area contributed by atoms with Gasteiger partial charge >= 0.3 is 0 Å². The van der Waals surface area contributed by atoms with Crippen molar-refractivity contribution in [3.8, 4) is 11.5 Å². The number of thioether (sulfide) groups is 1. The Kier molecular flexibility index (Phi) is 9.40. The van der Waals surface area contributed by atoms with E-state index < -0.39 is 29.4 Å². The number of nitrogens with zero attached hydrogens (tertiary/aromatic N) is 1. The molecule has 1 aliphatic rings. The van der Waals surface area contributed by atoms with Crippen molar-refractivity contribution in [2.75, 3.05) is 18.5 Å². The van der Waals surface area contributed by atoms with Crippen LogP contribution in [0, 0.1) is 5.82 Å². The molecule has 4 rings (SSSR count). The first-order chi connectivity index (χ1) is 18.6. The highest BCUT2D eigenvalue weighted by Crippen LogP contribution is 2.35. The fourth-order valence-electron chi connectivity index (χ4n) is 3.50. The van der Waals surface area contributed by atoms with Crippen LogP contribution in [0.25, 0.3) is 6.08 Å². The van der Waals surface area contributed by atoms with E-state index in [1.54, 1.807) is 36.4 Å². The van der Waals surface area contributed by atoms with Gasteiger partial charge in [-0.25, -0.2) is 4.39 Å². The Balaban J connectivity index is 1.45. The first-order valence-corrected chi connectivity index (χ1v) is 13.4. The zero-order valence-electron chi connectivity index (χ0n) is 20.3. The summed E-state index contributed by atoms with van der Waals surface area (Å²) in [6.45, 7) is 1.86. The smallest absolute Gasteiger partial charge is 0.294 e. The van der Waals surface area contributed by atoms with Gasteiger partial charge in [0.05, 0.1) is 16.5 Å². The van der Waals surface area contributed by atoms with E-state index in [-0.39, 0.29) is 22.2 Å². The van der Waals surface area contributed by atoms with Crippen molar-refractivity contribution in [3.05, 3.63) is 91.5 Å². The van der Waals surface area contributed by atoms with Gasteiger partial charge < -0.3 is 14.8 Å². The predicted molar refractivity (Wildman–Crippen MR) is 151 cm³/mol. The van der Waals surface area contributed by atoms with Gasteiger partial charge in [0.15, 0.2) is 11.5 Å². The second-order valence-corrected chi connectivity index (χ2v) is 10.4. The van der Waals surface area contributed by atoms with Gasteiger partial charge in [-0.3, -0.25) is 19.3 Å². The summed E-state index contributed by atoms with van der Waals surface area (Å²) in [5.41, 5.74) is 1.57. The van der Waals surface area contributed by atoms with Gasteiger partial charge in [-0.15, -0.1) is 0 Å². The van der Waals surface area contributed by atoms with E-state index in [2.05, 4.69) is 5.32 Å². The lowest BCUT2D eigenvalue weighted by Crippen LogP contribution is -2.36. The Morgan fingerprint density at radius 2 is 1.79 bits per heavy atom. The van der Waals surface area contributed by atoms with Crippen molar-refractivity contribution >= 4 is 75.4 Å². The molecule has 0 radical (unpaired) electrons. The summed E-state index contributed by atoms with van der Waals surface area (Å²) in [4.78, 5) is 38.7. The molecule has 1 heterocycles. The van der Waals surface area contributed by atoms with Crippen LogP contribution in [0.1, 0.15) is 18.1 Å². The van der Waals surface area contributed by atoms with Gasteiger partial charge in [-0.2, -0.15) is 0 Å². The molecule has 202 valence electrons. The second-order valence-electron chi connectivity index (χ2n) is 8.11. The summed E-state index contributed by atoms with van der Waals surface area (Å²) in [6, 6.07) is 13.8. The summed E-state index contributed by atoms with van der Waals surface area (Å²) in [7, 11) is 0. The van der Waals surface area contributed by atoms with Crippen LogP contribution in [0.3, 0.4) is 0 Å². The Labute approximate surface area is 242 Å². The van der Waals surface area contributed by atoms with E-state index in [9.17, 15) is 18.8 Å². The highest BCUT2D eigenvalue weighted by molar-refractivity contribution is 8.18. The molecule has 0 bridgehead atoms. The molecule has 0 saturated carbocycles. The van der Waals surface area contributed by atoms with Crippen LogP contribution in [0.15, 0.2) is 59.5 Å². The van der Waals surface area contributed by atoms with E-state index in [0.717, 1.165) is 16.5 Å². The van der Waals surface area contributed by atoms with Crippen LogP contribution in [0.4, 0.5) is 14.9 Å². The molecule has 0 spiro atoms. The molecular formula is C27H20Cl3FN2O5S. The number of rotatable bonds is 9. The van der Waals surface area contributed by atoms with Crippen molar-refractivity contribution in [1.82, 2.24) is 4.90 Å². The van der Waals surface area contributed by atoms with Crippen molar-refractivity contribution in [1.29, 1.82) is 0 Å². The molecule has 12 heteroatoms. The maximum atomic E-state index is 13.3. The van der Waals surface area contributed by atoms with Crippen LogP contribution >= 0.6 is 46.6 Å². The number of imide groups is 1. The van der Waals surface area contributed by atoms with Crippen LogP contribution in [0.2, 0.25) is 15.1 Å². The van der Waals surface area contributed by atoms with Gasteiger partial charge in [0.2, 0.25) is 5.91 Å². The maximum absolute atomic E-state index is 13.3. The molecule has 39 heavy (non-hydrogen) atoms. The quantitative estimate of drug-likeness (QED) is 0.254. The highest BCUT2D eigenvalue weighted by atomic mass is 35.5. The molecule has 7 nitrogen and oxygen atoms in total. The molecule has 3 aromatic carbocycles. The molecule has 1 aliphatic heterocycles. The lowest BCUT2D eigenvalue weighted by molar-refractivity contribution is -0.127. The molecule has 1 saturated heterocycles. The molecule has 0 aromatic heterocycles. The van der Waals surface area contributed by atoms with E-state index in [0.29, 0.717) is 45.5 Å². The van der Waals surface area contributed by atoms with E-state index >= 15 is 0 Å². The molecular weight excluding hydrogens is 590 g/mol. The summed E-state index contributed by atoms with van der Waals surface area (Å²) in [5, 5.41) is 2.72. The van der Waals surface area contributed by atoms with Gasteiger partial charge in [-0.1, -0.05) is 46.9 Å². The highest BCUT2D eigenvalue weighted by Gasteiger charge is 2.36. The number of anilines is 1. The van der Waals surface area contributed by atoms with Gasteiger partial charge in [0.1, 0.15) is 19.0 Å². The second kappa shape index (κ2) is 12.7. The zero-order chi connectivity index (χ0) is 28.1. The number of hydrogen-bond acceptors (Lipinski definition) is 6. The Bertz CT molecular complexity index is 1480. The standard InChI is InChI=1S/C27H20Cl3FN2O5S/c1-2-37-23-9-15(3-8-22(23)38-14-16-4-5-17(28)11-19(16)29)10-24-26(35)33(27(36)39-24)13-25(34)32-18-6-7-21(31)20(30)12-18/h3-12H,2,13-14H2,1H3,(H,32,34)/b24-10+. The normalized spacial score (nSPS) is 14.2.